The second-order valence-electron chi connectivity index (χ2n) is 7.54. The van der Waals surface area contributed by atoms with Gasteiger partial charge in [0.25, 0.3) is 0 Å². The Labute approximate surface area is 189 Å². The second-order valence-corrected chi connectivity index (χ2v) is 8.92. The van der Waals surface area contributed by atoms with Gasteiger partial charge in [0.05, 0.1) is 38.0 Å². The van der Waals surface area contributed by atoms with E-state index in [1.807, 2.05) is 43.3 Å². The average Bonchev–Trinajstić information content (AvgIpc) is 3.29. The fraction of sp³-hybridized carbons (Fsp3) is 0.455. The third kappa shape index (κ3) is 2.69. The Hall–Kier alpha value is -1.91. The summed E-state index contributed by atoms with van der Waals surface area (Å²) in [6.45, 7) is 3.03. The number of fused-ring (bicyclic) bond motifs is 1. The van der Waals surface area contributed by atoms with Gasteiger partial charge in [0.15, 0.2) is 5.72 Å². The minimum Gasteiger partial charge on any atom is -0.466 e. The summed E-state index contributed by atoms with van der Waals surface area (Å²) >= 11 is 2.29. The molecule has 160 valence electrons. The predicted octanol–water partition coefficient (Wildman–Crippen LogP) is 3.43. The lowest BCUT2D eigenvalue weighted by Gasteiger charge is -2.51. The van der Waals surface area contributed by atoms with Crippen LogP contribution in [0.2, 0.25) is 0 Å². The van der Waals surface area contributed by atoms with Gasteiger partial charge in [-0.25, -0.2) is 14.5 Å². The minimum absolute atomic E-state index is 0.246. The maximum atomic E-state index is 13.1. The largest absolute Gasteiger partial charge is 0.466 e. The molecule has 1 aromatic carbocycles. The van der Waals surface area contributed by atoms with Crippen LogP contribution >= 0.6 is 22.6 Å². The molecule has 1 aliphatic carbocycles. The van der Waals surface area contributed by atoms with Gasteiger partial charge in [-0.05, 0) is 54.0 Å². The van der Waals surface area contributed by atoms with Crippen LogP contribution in [0.4, 0.5) is 10.5 Å². The summed E-state index contributed by atoms with van der Waals surface area (Å²) in [6, 6.07) is 7.40. The van der Waals surface area contributed by atoms with Crippen molar-refractivity contribution >= 4 is 40.3 Å². The molecule has 7 nitrogen and oxygen atoms in total. The number of ether oxygens (including phenoxy) is 3. The summed E-state index contributed by atoms with van der Waals surface area (Å²) in [4.78, 5) is 27.6. The number of hydrogen-bond acceptors (Lipinski definition) is 6. The molecule has 8 heteroatoms. The zero-order valence-corrected chi connectivity index (χ0v) is 19.4. The summed E-state index contributed by atoms with van der Waals surface area (Å²) in [7, 11) is 2.75. The van der Waals surface area contributed by atoms with Crippen molar-refractivity contribution in [1.29, 1.82) is 0 Å². The van der Waals surface area contributed by atoms with Crippen LogP contribution in [0, 0.1) is 0 Å². The molecule has 0 unspecified atom stereocenters. The molecule has 30 heavy (non-hydrogen) atoms. The van der Waals surface area contributed by atoms with Crippen molar-refractivity contribution in [2.45, 2.75) is 36.9 Å². The highest BCUT2D eigenvalue weighted by molar-refractivity contribution is 14.1. The summed E-state index contributed by atoms with van der Waals surface area (Å²) in [6.07, 6.45) is 4.55. The highest BCUT2D eigenvalue weighted by atomic mass is 127. The Kier molecular flexibility index (Phi) is 5.67. The monoisotopic (exact) mass is 524 g/mol. The van der Waals surface area contributed by atoms with Crippen molar-refractivity contribution in [2.75, 3.05) is 32.3 Å². The number of benzene rings is 1. The first kappa shape index (κ1) is 21.3. The predicted molar refractivity (Wildman–Crippen MR) is 121 cm³/mol. The van der Waals surface area contributed by atoms with E-state index >= 15 is 0 Å². The Morgan fingerprint density at radius 2 is 2.10 bits per heavy atom. The number of carbonyl (C=O) groups is 2. The lowest BCUT2D eigenvalue weighted by Crippen LogP contribution is -2.70. The maximum Gasteiger partial charge on any atom is 0.416 e. The molecular weight excluding hydrogens is 499 g/mol. The molecule has 0 bridgehead atoms. The topological polar surface area (TPSA) is 77.1 Å². The van der Waals surface area contributed by atoms with Gasteiger partial charge >= 0.3 is 12.1 Å². The van der Waals surface area contributed by atoms with Gasteiger partial charge < -0.3 is 19.5 Å². The highest BCUT2D eigenvalue weighted by Crippen LogP contribution is 2.64. The third-order valence-corrected chi connectivity index (χ3v) is 7.43. The summed E-state index contributed by atoms with van der Waals surface area (Å²) in [5.74, 6) is -0.395. The molecule has 2 heterocycles. The van der Waals surface area contributed by atoms with Gasteiger partial charge in [0.2, 0.25) is 0 Å². The second kappa shape index (κ2) is 7.97. The van der Waals surface area contributed by atoms with Crippen molar-refractivity contribution in [3.05, 3.63) is 51.1 Å². The van der Waals surface area contributed by atoms with E-state index in [0.717, 1.165) is 9.14 Å². The number of esters is 1. The fourth-order valence-corrected chi connectivity index (χ4v) is 5.51. The molecule has 3 atom stereocenters. The van der Waals surface area contributed by atoms with E-state index in [1.165, 1.54) is 14.2 Å². The lowest BCUT2D eigenvalue weighted by molar-refractivity contribution is -0.138. The van der Waals surface area contributed by atoms with E-state index in [1.54, 1.807) is 4.90 Å². The van der Waals surface area contributed by atoms with Crippen LogP contribution < -0.4 is 10.2 Å². The average molecular weight is 524 g/mol. The number of hydrogen-bond donors (Lipinski definition) is 1. The molecule has 0 saturated carbocycles. The van der Waals surface area contributed by atoms with Gasteiger partial charge in [0, 0.05) is 15.7 Å². The van der Waals surface area contributed by atoms with Crippen LogP contribution in [0.25, 0.3) is 0 Å². The Bertz CT molecular complexity index is 945. The smallest absolute Gasteiger partial charge is 0.416 e. The minimum atomic E-state index is -1.12. The number of rotatable bonds is 4. The number of para-hydroxylation sites is 1. The maximum absolute atomic E-state index is 13.1. The van der Waals surface area contributed by atoms with Crippen LogP contribution in [0.1, 0.15) is 25.3 Å². The van der Waals surface area contributed by atoms with Crippen LogP contribution in [-0.2, 0) is 24.4 Å². The van der Waals surface area contributed by atoms with Crippen molar-refractivity contribution in [3.8, 4) is 0 Å². The third-order valence-electron chi connectivity index (χ3n) is 6.43. The SMILES string of the molecule is C/C=C(\I)CN[C@H]1CC=C(C(=O)OC)[C@@]23CCO[C@@]12N(C(=O)OC)c1ccccc13. The van der Waals surface area contributed by atoms with E-state index in [9.17, 15) is 9.59 Å². The van der Waals surface area contributed by atoms with Gasteiger partial charge in [0.1, 0.15) is 0 Å². The number of amides is 1. The van der Waals surface area contributed by atoms with Crippen molar-refractivity contribution in [1.82, 2.24) is 5.32 Å². The molecule has 1 saturated heterocycles. The molecule has 0 spiro atoms. The number of nitrogens with zero attached hydrogens (tertiary/aromatic N) is 1. The van der Waals surface area contributed by atoms with E-state index in [0.29, 0.717) is 37.3 Å². The molecule has 0 aromatic heterocycles. The summed E-state index contributed by atoms with van der Waals surface area (Å²) < 4.78 is 18.0. The molecule has 1 amide bonds. The molecule has 4 rings (SSSR count). The number of halogens is 1. The van der Waals surface area contributed by atoms with E-state index < -0.39 is 23.2 Å². The zero-order valence-electron chi connectivity index (χ0n) is 17.2. The van der Waals surface area contributed by atoms with Crippen LogP contribution in [0.15, 0.2) is 45.6 Å². The first-order chi connectivity index (χ1) is 14.5. The molecule has 1 N–H and O–H groups in total. The first-order valence-corrected chi connectivity index (χ1v) is 11.0. The number of carbonyl (C=O) groups excluding carboxylic acids is 2. The van der Waals surface area contributed by atoms with Gasteiger partial charge in [-0.3, -0.25) is 0 Å². The van der Waals surface area contributed by atoms with Crippen molar-refractivity contribution < 1.29 is 23.8 Å². The molecule has 3 aliphatic rings. The number of nitrogens with one attached hydrogen (secondary N) is 1. The van der Waals surface area contributed by atoms with Gasteiger partial charge in [-0.1, -0.05) is 30.4 Å². The molecule has 0 radical (unpaired) electrons. The number of anilines is 1. The van der Waals surface area contributed by atoms with Crippen molar-refractivity contribution in [3.63, 3.8) is 0 Å². The Balaban J connectivity index is 1.97. The first-order valence-electron chi connectivity index (χ1n) is 9.92. The number of methoxy groups -OCH3 is 2. The standard InChI is InChI=1S/C22H25IN2O5/c1-4-14(23)13-24-18-10-9-16(19(26)28-2)21-11-12-30-22(18,21)25(20(27)29-3)17-8-6-5-7-15(17)21/h4-9,18,24H,10-13H2,1-3H3/b14-4-/t18-,21-,22-/m0/s1. The molecule has 1 aromatic rings. The van der Waals surface area contributed by atoms with Crippen LogP contribution in [0.3, 0.4) is 0 Å². The normalized spacial score (nSPS) is 29.6. The zero-order chi connectivity index (χ0) is 21.5. The number of allylic oxidation sites excluding steroid dienone is 1. The van der Waals surface area contributed by atoms with Crippen molar-refractivity contribution in [2.24, 2.45) is 0 Å². The fourth-order valence-electron chi connectivity index (χ4n) is 5.29. The Morgan fingerprint density at radius 3 is 2.80 bits per heavy atom. The van der Waals surface area contributed by atoms with E-state index in [2.05, 4.69) is 27.9 Å². The lowest BCUT2D eigenvalue weighted by atomic mass is 9.62. The van der Waals surface area contributed by atoms with E-state index in [4.69, 9.17) is 14.2 Å². The summed E-state index contributed by atoms with van der Waals surface area (Å²) in [5, 5.41) is 3.58. The van der Waals surface area contributed by atoms with Crippen LogP contribution in [0.5, 0.6) is 0 Å². The molecule has 2 aliphatic heterocycles. The Morgan fingerprint density at radius 1 is 1.33 bits per heavy atom. The quantitative estimate of drug-likeness (QED) is 0.481. The summed E-state index contributed by atoms with van der Waals surface area (Å²) in [5.41, 5.74) is 0.180. The van der Waals surface area contributed by atoms with Gasteiger partial charge in [-0.2, -0.15) is 0 Å². The van der Waals surface area contributed by atoms with Crippen LogP contribution in [-0.4, -0.2) is 51.2 Å². The molecule has 1 fully saturated rings. The van der Waals surface area contributed by atoms with Gasteiger partial charge in [-0.15, -0.1) is 0 Å². The highest BCUT2D eigenvalue weighted by Gasteiger charge is 2.74. The van der Waals surface area contributed by atoms with E-state index in [-0.39, 0.29) is 6.04 Å². The molecular formula is C22H25IN2O5.